The van der Waals surface area contributed by atoms with Gasteiger partial charge in [-0.3, -0.25) is 0 Å². The van der Waals surface area contributed by atoms with Crippen LogP contribution >= 0.6 is 0 Å². The van der Waals surface area contributed by atoms with Crippen LogP contribution in [0.2, 0.25) is 6.04 Å². The molecule has 0 aromatic heterocycles. The molecule has 0 bridgehead atoms. The maximum atomic E-state index is 5.09. The Balaban J connectivity index is 2.88. The highest BCUT2D eigenvalue weighted by atomic mass is 28.1. The maximum absolute atomic E-state index is 5.09. The molecule has 0 N–H and O–H groups in total. The first-order chi connectivity index (χ1) is 4.91. The predicted molar refractivity (Wildman–Crippen MR) is 46.3 cm³/mol. The summed E-state index contributed by atoms with van der Waals surface area (Å²) in [5.74, 6) is 0. The predicted octanol–water partition coefficient (Wildman–Crippen LogP) is 0.337. The number of rotatable bonds is 6. The fourth-order valence-corrected chi connectivity index (χ4v) is 0.836. The van der Waals surface area contributed by atoms with E-state index >= 15 is 0 Å². The Hall–Kier alpha value is -0.283. The highest BCUT2D eigenvalue weighted by molar-refractivity contribution is 6.08. The third kappa shape index (κ3) is 7.72. The maximum Gasteiger partial charge on any atom is 0.111 e. The Morgan fingerprint density at radius 3 is 2.80 bits per heavy atom. The molecule has 0 aliphatic heterocycles. The Kier molecular flexibility index (Phi) is 8.47. The minimum Gasteiger partial charge on any atom is -0.499 e. The van der Waals surface area contributed by atoms with Crippen molar-refractivity contribution in [3.05, 3.63) is 12.3 Å². The molecule has 0 saturated carbocycles. The number of allylic oxidation sites excluding steroid dienone is 1. The van der Waals surface area contributed by atoms with E-state index in [1.807, 2.05) is 0 Å². The largest absolute Gasteiger partial charge is 0.499 e. The van der Waals surface area contributed by atoms with Crippen molar-refractivity contribution in [3.63, 3.8) is 0 Å². The molecule has 60 valence electrons. The monoisotopic (exact) mass is 160 g/mol. The van der Waals surface area contributed by atoms with Crippen LogP contribution in [0.15, 0.2) is 12.3 Å². The second-order valence-electron chi connectivity index (χ2n) is 2.02. The van der Waals surface area contributed by atoms with E-state index in [9.17, 15) is 0 Å². The first-order valence-electron chi connectivity index (χ1n) is 3.67. The van der Waals surface area contributed by atoms with Crippen molar-refractivity contribution in [2.24, 2.45) is 0 Å². The summed E-state index contributed by atoms with van der Waals surface area (Å²) >= 11 is 0. The van der Waals surface area contributed by atoms with Gasteiger partial charge in [-0.05, 0) is 6.42 Å². The second-order valence-corrected chi connectivity index (χ2v) is 3.02. The molecule has 0 fully saturated rings. The van der Waals surface area contributed by atoms with E-state index in [4.69, 9.17) is 9.47 Å². The Morgan fingerprint density at radius 2 is 2.20 bits per heavy atom. The van der Waals surface area contributed by atoms with Gasteiger partial charge in [0, 0.05) is 17.4 Å². The van der Waals surface area contributed by atoms with Gasteiger partial charge in [-0.15, -0.1) is 0 Å². The van der Waals surface area contributed by atoms with Crippen molar-refractivity contribution < 1.29 is 9.47 Å². The highest BCUT2D eigenvalue weighted by Gasteiger charge is 1.78. The molecule has 2 nitrogen and oxygen atoms in total. The molecule has 0 saturated heterocycles. The van der Waals surface area contributed by atoms with Crippen LogP contribution in [0.1, 0.15) is 6.42 Å². The quantitative estimate of drug-likeness (QED) is 0.317. The van der Waals surface area contributed by atoms with E-state index in [1.54, 1.807) is 13.4 Å². The lowest BCUT2D eigenvalue weighted by atomic mass is 10.5. The number of hydrogen-bond donors (Lipinski definition) is 0. The van der Waals surface area contributed by atoms with Gasteiger partial charge >= 0.3 is 0 Å². The third-order valence-electron chi connectivity index (χ3n) is 1.05. The molecule has 0 amide bonds. The first-order valence-corrected chi connectivity index (χ1v) is 5.08. The van der Waals surface area contributed by atoms with Gasteiger partial charge in [0.05, 0.1) is 12.9 Å². The van der Waals surface area contributed by atoms with Crippen molar-refractivity contribution in [2.45, 2.75) is 12.5 Å². The smallest absolute Gasteiger partial charge is 0.111 e. The van der Waals surface area contributed by atoms with E-state index in [-0.39, 0.29) is 0 Å². The van der Waals surface area contributed by atoms with Gasteiger partial charge in [0.25, 0.3) is 0 Å². The molecule has 0 aliphatic carbocycles. The summed E-state index contributed by atoms with van der Waals surface area (Å²) in [5.41, 5.74) is 0. The van der Waals surface area contributed by atoms with E-state index < -0.39 is 0 Å². The Morgan fingerprint density at radius 1 is 1.40 bits per heavy atom. The van der Waals surface area contributed by atoms with Crippen molar-refractivity contribution in [2.75, 3.05) is 20.3 Å². The second kappa shape index (κ2) is 8.72. The molecule has 0 spiro atoms. The van der Waals surface area contributed by atoms with E-state index in [0.29, 0.717) is 13.2 Å². The summed E-state index contributed by atoms with van der Waals surface area (Å²) in [6.07, 6.45) is 4.97. The summed E-state index contributed by atoms with van der Waals surface area (Å²) < 4.78 is 9.88. The lowest BCUT2D eigenvalue weighted by Gasteiger charge is -1.97. The van der Waals surface area contributed by atoms with Gasteiger partial charge in [0.15, 0.2) is 0 Å². The summed E-state index contributed by atoms with van der Waals surface area (Å²) in [6.45, 7) is 1.33. The van der Waals surface area contributed by atoms with Gasteiger partial charge < -0.3 is 9.47 Å². The molecule has 0 heterocycles. The Bertz CT molecular complexity index is 83.7. The summed E-state index contributed by atoms with van der Waals surface area (Å²) in [6, 6.07) is 1.31. The number of methoxy groups -OCH3 is 1. The average molecular weight is 160 g/mol. The van der Waals surface area contributed by atoms with Crippen LogP contribution in [-0.4, -0.2) is 30.6 Å². The molecule has 0 rings (SSSR count). The molecule has 3 heteroatoms. The van der Waals surface area contributed by atoms with E-state index in [0.717, 1.165) is 6.42 Å². The molecule has 10 heavy (non-hydrogen) atoms. The van der Waals surface area contributed by atoms with Crippen molar-refractivity contribution in [1.29, 1.82) is 0 Å². The van der Waals surface area contributed by atoms with Crippen LogP contribution in [-0.2, 0) is 9.47 Å². The lowest BCUT2D eigenvalue weighted by molar-refractivity contribution is 0.123. The van der Waals surface area contributed by atoms with Gasteiger partial charge in [-0.2, -0.15) is 0 Å². The van der Waals surface area contributed by atoms with Crippen LogP contribution in [0, 0.1) is 0 Å². The van der Waals surface area contributed by atoms with E-state index in [2.05, 4.69) is 6.08 Å². The van der Waals surface area contributed by atoms with Crippen LogP contribution < -0.4 is 0 Å². The van der Waals surface area contributed by atoms with Crippen LogP contribution in [0.25, 0.3) is 0 Å². The fraction of sp³-hybridized carbons (Fsp3) is 0.714. The summed E-state index contributed by atoms with van der Waals surface area (Å²) in [7, 11) is 2.95. The Labute approximate surface area is 65.6 Å². The van der Waals surface area contributed by atoms with Crippen LogP contribution in [0.3, 0.4) is 0 Å². The standard InChI is InChI=1S/C7H16O2Si/c1-8-5-6-9-4-2-3-7-10/h2,4H,3,5-7H2,1,10H3. The minimum atomic E-state index is 0.661. The summed E-state index contributed by atoms with van der Waals surface area (Å²) in [4.78, 5) is 0. The molecular formula is C7H16O2Si. The molecule has 0 aromatic carbocycles. The first kappa shape index (κ1) is 9.72. The SMILES string of the molecule is COCCOC=CCC[SiH3]. The average Bonchev–Trinajstić information content (AvgIpc) is 1.97. The van der Waals surface area contributed by atoms with Crippen LogP contribution in [0.4, 0.5) is 0 Å². The molecule has 0 radical (unpaired) electrons. The van der Waals surface area contributed by atoms with E-state index in [1.165, 1.54) is 16.3 Å². The van der Waals surface area contributed by atoms with Gasteiger partial charge in [-0.25, -0.2) is 0 Å². The zero-order valence-corrected chi connectivity index (χ0v) is 8.80. The molecule has 0 unspecified atom stereocenters. The molecule has 0 atom stereocenters. The number of hydrogen-bond acceptors (Lipinski definition) is 2. The molecule has 0 aromatic rings. The number of ether oxygens (including phenoxy) is 2. The zero-order chi connectivity index (χ0) is 7.66. The zero-order valence-electron chi connectivity index (χ0n) is 6.80. The molecule has 0 aliphatic rings. The lowest BCUT2D eigenvalue weighted by Crippen LogP contribution is -1.96. The highest BCUT2D eigenvalue weighted by Crippen LogP contribution is 1.87. The van der Waals surface area contributed by atoms with Gasteiger partial charge in [0.2, 0.25) is 0 Å². The topological polar surface area (TPSA) is 18.5 Å². The van der Waals surface area contributed by atoms with Gasteiger partial charge in [0.1, 0.15) is 6.61 Å². The minimum absolute atomic E-state index is 0.661. The molecular weight excluding hydrogens is 144 g/mol. The third-order valence-corrected chi connectivity index (χ3v) is 1.63. The van der Waals surface area contributed by atoms with Crippen LogP contribution in [0.5, 0.6) is 0 Å². The normalized spacial score (nSPS) is 10.9. The van der Waals surface area contributed by atoms with Crippen molar-refractivity contribution in [3.8, 4) is 0 Å². The van der Waals surface area contributed by atoms with Crippen molar-refractivity contribution in [1.82, 2.24) is 0 Å². The van der Waals surface area contributed by atoms with Gasteiger partial charge in [-0.1, -0.05) is 12.1 Å². The fourth-order valence-electron chi connectivity index (χ4n) is 0.502. The van der Waals surface area contributed by atoms with Crippen molar-refractivity contribution >= 4 is 10.2 Å². The summed E-state index contributed by atoms with van der Waals surface area (Å²) in [5, 5.41) is 0.